The first kappa shape index (κ1) is 8.19. The molecule has 0 aliphatic carbocycles. The summed E-state index contributed by atoms with van der Waals surface area (Å²) in [6.07, 6.45) is 1.48. The van der Waals surface area contributed by atoms with Crippen LogP contribution in [0.4, 0.5) is 4.39 Å². The number of halogens is 1. The van der Waals surface area contributed by atoms with Crippen molar-refractivity contribution in [2.75, 3.05) is 0 Å². The molecule has 2 aromatic heterocycles. The monoisotopic (exact) mass is 180 g/mol. The maximum atomic E-state index is 13.1. The molecular formula is C9H9FN2O. The van der Waals surface area contributed by atoms with Crippen molar-refractivity contribution in [1.29, 1.82) is 0 Å². The normalized spacial score (nSPS) is 11.0. The molecule has 0 bridgehead atoms. The van der Waals surface area contributed by atoms with Gasteiger partial charge in [0.05, 0.1) is 18.3 Å². The van der Waals surface area contributed by atoms with E-state index in [1.165, 1.54) is 16.8 Å². The van der Waals surface area contributed by atoms with E-state index in [-0.39, 0.29) is 6.61 Å². The minimum absolute atomic E-state index is 0.117. The number of aliphatic hydroxyl groups excluding tert-OH is 1. The summed E-state index contributed by atoms with van der Waals surface area (Å²) in [4.78, 5) is 0. The molecule has 0 spiro atoms. The number of aliphatic hydroxyl groups is 1. The van der Waals surface area contributed by atoms with Gasteiger partial charge in [-0.15, -0.1) is 0 Å². The van der Waals surface area contributed by atoms with Crippen LogP contribution in [0, 0.1) is 12.9 Å². The van der Waals surface area contributed by atoms with Crippen LogP contribution >= 0.6 is 0 Å². The molecule has 0 aliphatic rings. The standard InChI is InChI=1S/C9H9FN2O/c1-6-2-3-8(10)12-9(6)7(5-13)4-11-12/h2-4,13H,5H2,1H3. The molecule has 68 valence electrons. The average molecular weight is 180 g/mol. The molecule has 4 heteroatoms. The number of fused-ring (bicyclic) bond motifs is 1. The first-order valence-electron chi connectivity index (χ1n) is 3.96. The van der Waals surface area contributed by atoms with Crippen molar-refractivity contribution >= 4 is 5.52 Å². The van der Waals surface area contributed by atoms with Crippen molar-refractivity contribution in [2.24, 2.45) is 0 Å². The lowest BCUT2D eigenvalue weighted by atomic mass is 10.2. The topological polar surface area (TPSA) is 37.5 Å². The van der Waals surface area contributed by atoms with Crippen molar-refractivity contribution in [2.45, 2.75) is 13.5 Å². The second kappa shape index (κ2) is 2.81. The Labute approximate surface area is 74.4 Å². The van der Waals surface area contributed by atoms with Gasteiger partial charge in [-0.1, -0.05) is 6.07 Å². The molecule has 0 saturated carbocycles. The Balaban J connectivity index is 2.87. The van der Waals surface area contributed by atoms with Gasteiger partial charge in [-0.2, -0.15) is 9.49 Å². The number of nitrogens with zero attached hydrogens (tertiary/aromatic N) is 2. The fourth-order valence-corrected chi connectivity index (χ4v) is 1.42. The molecule has 0 fully saturated rings. The predicted octanol–water partition coefficient (Wildman–Crippen LogP) is 1.27. The van der Waals surface area contributed by atoms with Crippen LogP contribution in [0.1, 0.15) is 11.1 Å². The Bertz CT molecular complexity index is 450. The minimum atomic E-state index is -0.416. The van der Waals surface area contributed by atoms with Gasteiger partial charge in [-0.25, -0.2) is 4.52 Å². The van der Waals surface area contributed by atoms with Gasteiger partial charge in [-0.3, -0.25) is 0 Å². The van der Waals surface area contributed by atoms with Gasteiger partial charge in [0.1, 0.15) is 0 Å². The SMILES string of the molecule is Cc1ccc(F)n2ncc(CO)c12. The van der Waals surface area contributed by atoms with Gasteiger partial charge >= 0.3 is 0 Å². The number of aryl methyl sites for hydroxylation is 1. The zero-order valence-electron chi connectivity index (χ0n) is 7.16. The molecule has 0 atom stereocenters. The molecule has 2 heterocycles. The molecule has 2 rings (SSSR count). The largest absolute Gasteiger partial charge is 0.392 e. The lowest BCUT2D eigenvalue weighted by Gasteiger charge is -2.00. The van der Waals surface area contributed by atoms with Gasteiger partial charge in [0.2, 0.25) is 5.95 Å². The Kier molecular flexibility index (Phi) is 1.77. The van der Waals surface area contributed by atoms with Crippen LogP contribution in [0.25, 0.3) is 5.52 Å². The van der Waals surface area contributed by atoms with Crippen molar-refractivity contribution in [3.8, 4) is 0 Å². The van der Waals surface area contributed by atoms with Gasteiger partial charge in [0.15, 0.2) is 0 Å². The van der Waals surface area contributed by atoms with E-state index in [4.69, 9.17) is 5.11 Å². The second-order valence-corrected chi connectivity index (χ2v) is 2.93. The number of aromatic nitrogens is 2. The van der Waals surface area contributed by atoms with E-state index in [1.807, 2.05) is 6.92 Å². The highest BCUT2D eigenvalue weighted by Gasteiger charge is 2.08. The zero-order chi connectivity index (χ0) is 9.42. The molecule has 1 N–H and O–H groups in total. The quantitative estimate of drug-likeness (QED) is 0.671. The smallest absolute Gasteiger partial charge is 0.214 e. The van der Waals surface area contributed by atoms with Gasteiger partial charge in [0.25, 0.3) is 0 Å². The van der Waals surface area contributed by atoms with Crippen molar-refractivity contribution in [1.82, 2.24) is 9.61 Å². The van der Waals surface area contributed by atoms with Crippen LogP contribution in [0.2, 0.25) is 0 Å². The lowest BCUT2D eigenvalue weighted by molar-refractivity contribution is 0.283. The molecule has 0 aromatic carbocycles. The van der Waals surface area contributed by atoms with Crippen molar-refractivity contribution in [3.63, 3.8) is 0 Å². The van der Waals surface area contributed by atoms with Gasteiger partial charge < -0.3 is 5.11 Å². The molecule has 0 aliphatic heterocycles. The van der Waals surface area contributed by atoms with Crippen molar-refractivity contribution < 1.29 is 9.50 Å². The molecule has 0 unspecified atom stereocenters. The highest BCUT2D eigenvalue weighted by atomic mass is 19.1. The van der Waals surface area contributed by atoms with Gasteiger partial charge in [0, 0.05) is 5.56 Å². The summed E-state index contributed by atoms with van der Waals surface area (Å²) >= 11 is 0. The fourth-order valence-electron chi connectivity index (χ4n) is 1.42. The first-order chi connectivity index (χ1) is 6.24. The molecule has 0 amide bonds. The highest BCUT2D eigenvalue weighted by molar-refractivity contribution is 5.59. The maximum Gasteiger partial charge on any atom is 0.214 e. The Morgan fingerprint density at radius 2 is 2.31 bits per heavy atom. The average Bonchev–Trinajstić information content (AvgIpc) is 2.56. The Morgan fingerprint density at radius 3 is 3.00 bits per heavy atom. The van der Waals surface area contributed by atoms with E-state index in [0.717, 1.165) is 5.56 Å². The van der Waals surface area contributed by atoms with Crippen LogP contribution in [0.5, 0.6) is 0 Å². The fraction of sp³-hybridized carbons (Fsp3) is 0.222. The summed E-state index contributed by atoms with van der Waals surface area (Å²) in [7, 11) is 0. The molecule has 2 aromatic rings. The van der Waals surface area contributed by atoms with Crippen LogP contribution < -0.4 is 0 Å². The molecule has 0 radical (unpaired) electrons. The van der Waals surface area contributed by atoms with Gasteiger partial charge in [-0.05, 0) is 18.6 Å². The van der Waals surface area contributed by atoms with Crippen LogP contribution in [0.15, 0.2) is 18.3 Å². The third kappa shape index (κ3) is 1.10. The maximum absolute atomic E-state index is 13.1. The minimum Gasteiger partial charge on any atom is -0.392 e. The number of hydrogen-bond donors (Lipinski definition) is 1. The number of rotatable bonds is 1. The summed E-state index contributed by atoms with van der Waals surface area (Å²) in [5.41, 5.74) is 2.21. The Morgan fingerprint density at radius 1 is 1.54 bits per heavy atom. The predicted molar refractivity (Wildman–Crippen MR) is 45.8 cm³/mol. The number of hydrogen-bond acceptors (Lipinski definition) is 2. The first-order valence-corrected chi connectivity index (χ1v) is 3.96. The van der Waals surface area contributed by atoms with E-state index in [1.54, 1.807) is 6.07 Å². The van der Waals surface area contributed by atoms with E-state index in [9.17, 15) is 4.39 Å². The summed E-state index contributed by atoms with van der Waals surface area (Å²) in [6, 6.07) is 3.03. The van der Waals surface area contributed by atoms with Crippen molar-refractivity contribution in [3.05, 3.63) is 35.4 Å². The van der Waals surface area contributed by atoms with Crippen LogP contribution in [0.3, 0.4) is 0 Å². The van der Waals surface area contributed by atoms with E-state index in [0.29, 0.717) is 11.1 Å². The molecule has 0 saturated heterocycles. The van der Waals surface area contributed by atoms with E-state index < -0.39 is 5.95 Å². The van der Waals surface area contributed by atoms with E-state index >= 15 is 0 Å². The zero-order valence-corrected chi connectivity index (χ0v) is 7.16. The summed E-state index contributed by atoms with van der Waals surface area (Å²) in [6.45, 7) is 1.74. The summed E-state index contributed by atoms with van der Waals surface area (Å²) in [5.74, 6) is -0.416. The Hall–Kier alpha value is -1.42. The molecule has 3 nitrogen and oxygen atoms in total. The summed E-state index contributed by atoms with van der Waals surface area (Å²) < 4.78 is 14.3. The molecule has 13 heavy (non-hydrogen) atoms. The van der Waals surface area contributed by atoms with E-state index in [2.05, 4.69) is 5.10 Å². The molecular weight excluding hydrogens is 171 g/mol. The highest BCUT2D eigenvalue weighted by Crippen LogP contribution is 2.16. The lowest BCUT2D eigenvalue weighted by Crippen LogP contribution is -1.96. The third-order valence-electron chi connectivity index (χ3n) is 2.06. The second-order valence-electron chi connectivity index (χ2n) is 2.93. The van der Waals surface area contributed by atoms with Crippen LogP contribution in [-0.2, 0) is 6.61 Å². The van der Waals surface area contributed by atoms with Crippen LogP contribution in [-0.4, -0.2) is 14.7 Å². The third-order valence-corrected chi connectivity index (χ3v) is 2.06. The summed E-state index contributed by atoms with van der Waals surface area (Å²) in [5, 5.41) is 12.8. The number of pyridine rings is 1.